The van der Waals surface area contributed by atoms with Gasteiger partial charge in [0.25, 0.3) is 5.56 Å². The van der Waals surface area contributed by atoms with Gasteiger partial charge in [-0.2, -0.15) is 0 Å². The maximum Gasteiger partial charge on any atom is 0.254 e. The molecule has 0 unspecified atom stereocenters. The molecule has 1 aliphatic rings. The Bertz CT molecular complexity index is 628. The Hall–Kier alpha value is -2.22. The fourth-order valence-electron chi connectivity index (χ4n) is 2.41. The average Bonchev–Trinajstić information content (AvgIpc) is 2.64. The van der Waals surface area contributed by atoms with Crippen LogP contribution in [-0.4, -0.2) is 69.0 Å². The highest BCUT2D eigenvalue weighted by atomic mass is 16.3. The van der Waals surface area contributed by atoms with E-state index in [2.05, 4.69) is 9.97 Å². The van der Waals surface area contributed by atoms with Gasteiger partial charge in [-0.05, 0) is 6.92 Å². The minimum absolute atomic E-state index is 0.0740. The van der Waals surface area contributed by atoms with E-state index in [0.717, 1.165) is 0 Å². The molecule has 2 rings (SSSR count). The molecule has 22 heavy (non-hydrogen) atoms. The molecule has 8 heteroatoms. The quantitative estimate of drug-likeness (QED) is 0.704. The van der Waals surface area contributed by atoms with E-state index < -0.39 is 6.10 Å². The Labute approximate surface area is 127 Å². The summed E-state index contributed by atoms with van der Waals surface area (Å²) in [6.07, 6.45) is 0.530. The molecule has 2 N–H and O–H groups in total. The lowest BCUT2D eigenvalue weighted by atomic mass is 10.2. The number of aliphatic hydroxyl groups is 1. The lowest BCUT2D eigenvalue weighted by Crippen LogP contribution is -2.39. The predicted molar refractivity (Wildman–Crippen MR) is 78.1 cm³/mol. The van der Waals surface area contributed by atoms with Gasteiger partial charge >= 0.3 is 0 Å². The summed E-state index contributed by atoms with van der Waals surface area (Å²) in [6, 6.07) is 0. The number of aromatic nitrogens is 2. The van der Waals surface area contributed by atoms with E-state index in [9.17, 15) is 19.5 Å². The van der Waals surface area contributed by atoms with Crippen molar-refractivity contribution in [2.75, 3.05) is 26.2 Å². The number of hydrogen-bond acceptors (Lipinski definition) is 5. The lowest BCUT2D eigenvalue weighted by Gasteiger charge is -2.21. The fourth-order valence-corrected chi connectivity index (χ4v) is 2.41. The number of aliphatic hydroxyl groups excluding tert-OH is 1. The highest BCUT2D eigenvalue weighted by molar-refractivity contribution is 5.79. The molecule has 0 spiro atoms. The third-order valence-electron chi connectivity index (χ3n) is 3.64. The van der Waals surface area contributed by atoms with Crippen LogP contribution in [-0.2, 0) is 16.0 Å². The smallest absolute Gasteiger partial charge is 0.254 e. The average molecular weight is 308 g/mol. The van der Waals surface area contributed by atoms with E-state index in [-0.39, 0.29) is 42.4 Å². The van der Waals surface area contributed by atoms with Crippen LogP contribution in [0.4, 0.5) is 0 Å². The summed E-state index contributed by atoms with van der Waals surface area (Å²) in [7, 11) is 0. The molecule has 2 heterocycles. The standard InChI is InChI=1S/C14H20N4O4/c1-9-15-6-11(14(22)16-9)5-13(21)18-4-3-17(10(2)19)7-12(20)8-18/h6,12,20H,3-5,7-8H2,1-2H3,(H,15,16,22)/t12-/m0/s1. The number of rotatable bonds is 2. The number of nitrogens with one attached hydrogen (secondary N) is 1. The molecule has 0 aromatic carbocycles. The number of carbonyl (C=O) groups is 2. The van der Waals surface area contributed by atoms with E-state index in [1.807, 2.05) is 0 Å². The van der Waals surface area contributed by atoms with Gasteiger partial charge in [-0.3, -0.25) is 14.4 Å². The van der Waals surface area contributed by atoms with Crippen molar-refractivity contribution in [3.05, 3.63) is 27.9 Å². The van der Waals surface area contributed by atoms with Crippen molar-refractivity contribution in [2.45, 2.75) is 26.4 Å². The normalized spacial score (nSPS) is 19.0. The van der Waals surface area contributed by atoms with Crippen molar-refractivity contribution in [3.8, 4) is 0 Å². The van der Waals surface area contributed by atoms with Crippen LogP contribution in [0, 0.1) is 6.92 Å². The molecule has 1 fully saturated rings. The van der Waals surface area contributed by atoms with Gasteiger partial charge in [0.05, 0.1) is 12.5 Å². The van der Waals surface area contributed by atoms with Gasteiger partial charge in [0.1, 0.15) is 5.82 Å². The van der Waals surface area contributed by atoms with Gasteiger partial charge in [-0.15, -0.1) is 0 Å². The Kier molecular flexibility index (Phi) is 4.92. The number of carbonyl (C=O) groups excluding carboxylic acids is 2. The SMILES string of the molecule is CC(=O)N1CCN(C(=O)Cc2cnc(C)[nH]c2=O)C[C@@H](O)C1. The van der Waals surface area contributed by atoms with Crippen molar-refractivity contribution >= 4 is 11.8 Å². The molecular weight excluding hydrogens is 288 g/mol. The van der Waals surface area contributed by atoms with Gasteiger partial charge in [-0.1, -0.05) is 0 Å². The molecule has 1 aliphatic heterocycles. The van der Waals surface area contributed by atoms with Crippen molar-refractivity contribution in [2.24, 2.45) is 0 Å². The predicted octanol–water partition coefficient (Wildman–Crippen LogP) is -1.33. The summed E-state index contributed by atoms with van der Waals surface area (Å²) >= 11 is 0. The molecule has 0 radical (unpaired) electrons. The van der Waals surface area contributed by atoms with Gasteiger partial charge in [0.2, 0.25) is 11.8 Å². The summed E-state index contributed by atoms with van der Waals surface area (Å²) < 4.78 is 0. The summed E-state index contributed by atoms with van der Waals surface area (Å²) in [4.78, 5) is 45.0. The summed E-state index contributed by atoms with van der Waals surface area (Å²) in [6.45, 7) is 4.18. The fraction of sp³-hybridized carbons (Fsp3) is 0.571. The Balaban J connectivity index is 2.06. The highest BCUT2D eigenvalue weighted by Crippen LogP contribution is 2.06. The lowest BCUT2D eigenvalue weighted by molar-refractivity contribution is -0.132. The first kappa shape index (κ1) is 16.2. The number of aromatic amines is 1. The molecule has 1 atom stereocenters. The first-order chi connectivity index (χ1) is 10.4. The second-order valence-electron chi connectivity index (χ2n) is 5.46. The molecule has 1 saturated heterocycles. The molecule has 8 nitrogen and oxygen atoms in total. The maximum atomic E-state index is 12.3. The highest BCUT2D eigenvalue weighted by Gasteiger charge is 2.25. The largest absolute Gasteiger partial charge is 0.389 e. The third kappa shape index (κ3) is 3.91. The molecule has 0 bridgehead atoms. The van der Waals surface area contributed by atoms with Gasteiger partial charge in [0.15, 0.2) is 0 Å². The van der Waals surface area contributed by atoms with Crippen LogP contribution in [0.5, 0.6) is 0 Å². The van der Waals surface area contributed by atoms with Crippen LogP contribution in [0.1, 0.15) is 18.3 Å². The summed E-state index contributed by atoms with van der Waals surface area (Å²) in [5.41, 5.74) is -0.0423. The van der Waals surface area contributed by atoms with Crippen LogP contribution >= 0.6 is 0 Å². The number of hydrogen-bond donors (Lipinski definition) is 2. The summed E-state index contributed by atoms with van der Waals surface area (Å²) in [5.74, 6) is 0.0941. The number of amides is 2. The van der Waals surface area contributed by atoms with Crippen molar-refractivity contribution in [3.63, 3.8) is 0 Å². The Morgan fingerprint density at radius 1 is 1.36 bits per heavy atom. The minimum atomic E-state index is -0.787. The molecule has 0 saturated carbocycles. The zero-order chi connectivity index (χ0) is 16.3. The maximum absolute atomic E-state index is 12.3. The van der Waals surface area contributed by atoms with Crippen molar-refractivity contribution in [1.82, 2.24) is 19.8 Å². The second kappa shape index (κ2) is 6.69. The summed E-state index contributed by atoms with van der Waals surface area (Å²) in [5, 5.41) is 9.92. The van der Waals surface area contributed by atoms with Gasteiger partial charge < -0.3 is 19.9 Å². The van der Waals surface area contributed by atoms with Crippen LogP contribution in [0.2, 0.25) is 0 Å². The molecular formula is C14H20N4O4. The number of aryl methyl sites for hydroxylation is 1. The zero-order valence-electron chi connectivity index (χ0n) is 12.7. The van der Waals surface area contributed by atoms with Crippen molar-refractivity contribution in [1.29, 1.82) is 0 Å². The van der Waals surface area contributed by atoms with E-state index in [0.29, 0.717) is 18.9 Å². The van der Waals surface area contributed by atoms with E-state index in [4.69, 9.17) is 0 Å². The van der Waals surface area contributed by atoms with E-state index in [1.54, 1.807) is 6.92 Å². The van der Waals surface area contributed by atoms with Gasteiger partial charge in [0, 0.05) is 44.9 Å². The minimum Gasteiger partial charge on any atom is -0.389 e. The number of nitrogens with zero attached hydrogens (tertiary/aromatic N) is 3. The Morgan fingerprint density at radius 2 is 2.00 bits per heavy atom. The molecule has 1 aromatic rings. The van der Waals surface area contributed by atoms with Crippen LogP contribution in [0.3, 0.4) is 0 Å². The second-order valence-corrected chi connectivity index (χ2v) is 5.46. The number of β-amino-alcohol motifs (C(OH)–C–C–N with tert-alkyl or cyclic N) is 1. The van der Waals surface area contributed by atoms with Crippen molar-refractivity contribution < 1.29 is 14.7 Å². The zero-order valence-corrected chi connectivity index (χ0v) is 12.7. The first-order valence-electron chi connectivity index (χ1n) is 7.13. The monoisotopic (exact) mass is 308 g/mol. The first-order valence-corrected chi connectivity index (χ1v) is 7.13. The Morgan fingerprint density at radius 3 is 2.64 bits per heavy atom. The molecule has 0 aliphatic carbocycles. The van der Waals surface area contributed by atoms with Gasteiger partial charge in [-0.25, -0.2) is 4.98 Å². The number of H-pyrrole nitrogens is 1. The molecule has 1 aromatic heterocycles. The molecule has 2 amide bonds. The molecule has 120 valence electrons. The third-order valence-corrected chi connectivity index (χ3v) is 3.64. The van der Waals surface area contributed by atoms with E-state index in [1.165, 1.54) is 22.9 Å². The topological polar surface area (TPSA) is 107 Å². The van der Waals surface area contributed by atoms with E-state index >= 15 is 0 Å². The van der Waals surface area contributed by atoms with Crippen LogP contribution in [0.15, 0.2) is 11.0 Å². The van der Waals surface area contributed by atoms with Crippen LogP contribution in [0.25, 0.3) is 0 Å². The van der Waals surface area contributed by atoms with Crippen LogP contribution < -0.4 is 5.56 Å².